The largest absolute Gasteiger partial charge is 0.365 e. The van der Waals surface area contributed by atoms with Gasteiger partial charge in [-0.15, -0.1) is 0 Å². The predicted molar refractivity (Wildman–Crippen MR) is 118 cm³/mol. The zero-order valence-corrected chi connectivity index (χ0v) is 17.6. The van der Waals surface area contributed by atoms with E-state index in [0.29, 0.717) is 26.2 Å². The second-order valence-electron chi connectivity index (χ2n) is 7.75. The molecule has 0 spiro atoms. The highest BCUT2D eigenvalue weighted by Gasteiger charge is 2.23. The molecule has 0 saturated carbocycles. The summed E-state index contributed by atoms with van der Waals surface area (Å²) < 4.78 is 0. The van der Waals surface area contributed by atoms with Crippen molar-refractivity contribution in [2.45, 2.75) is 19.8 Å². The monoisotopic (exact) mass is 396 g/mol. The number of benzene rings is 2. The van der Waals surface area contributed by atoms with Crippen LogP contribution in [0.3, 0.4) is 0 Å². The molecule has 0 aromatic heterocycles. The van der Waals surface area contributed by atoms with Crippen LogP contribution in [0.2, 0.25) is 0 Å². The minimum absolute atomic E-state index is 0.0780. The van der Waals surface area contributed by atoms with Crippen LogP contribution in [0.4, 0.5) is 5.69 Å². The Morgan fingerprint density at radius 2 is 1.76 bits per heavy atom. The standard InChI is InChI=1S/C23H32N4O2/c1-3-4-11-24-22(28)17-26-12-14-27(15-13-26)23(29)18-25(2)21-10-9-19-7-5-6-8-20(19)16-21/h5-10,16H,3-4,11-15,17-18H2,1-2H3,(H,24,28). The molecular formula is C23H32N4O2. The second kappa shape index (κ2) is 10.3. The summed E-state index contributed by atoms with van der Waals surface area (Å²) in [5.74, 6) is 0.210. The molecule has 2 aromatic carbocycles. The van der Waals surface area contributed by atoms with E-state index >= 15 is 0 Å². The molecule has 0 aliphatic carbocycles. The number of piperazine rings is 1. The predicted octanol–water partition coefficient (Wildman–Crippen LogP) is 2.34. The van der Waals surface area contributed by atoms with Crippen LogP contribution >= 0.6 is 0 Å². The number of anilines is 1. The first-order chi connectivity index (χ1) is 14.1. The summed E-state index contributed by atoms with van der Waals surface area (Å²) in [6.45, 7) is 6.46. The van der Waals surface area contributed by atoms with Crippen molar-refractivity contribution < 1.29 is 9.59 Å². The molecule has 1 fully saturated rings. The van der Waals surface area contributed by atoms with Gasteiger partial charge in [-0.2, -0.15) is 0 Å². The summed E-state index contributed by atoms with van der Waals surface area (Å²) in [7, 11) is 1.96. The van der Waals surface area contributed by atoms with Crippen LogP contribution in [-0.2, 0) is 9.59 Å². The van der Waals surface area contributed by atoms with E-state index in [9.17, 15) is 9.59 Å². The summed E-state index contributed by atoms with van der Waals surface area (Å²) in [6.07, 6.45) is 2.09. The number of carbonyl (C=O) groups excluding carboxylic acids is 2. The minimum Gasteiger partial charge on any atom is -0.365 e. The Hall–Kier alpha value is -2.60. The van der Waals surface area contributed by atoms with Crippen LogP contribution in [0.5, 0.6) is 0 Å². The van der Waals surface area contributed by atoms with Crippen molar-refractivity contribution in [2.24, 2.45) is 0 Å². The highest BCUT2D eigenvalue weighted by atomic mass is 16.2. The quantitative estimate of drug-likeness (QED) is 0.696. The second-order valence-corrected chi connectivity index (χ2v) is 7.75. The molecule has 2 amide bonds. The van der Waals surface area contributed by atoms with E-state index in [1.54, 1.807) is 0 Å². The molecular weight excluding hydrogens is 364 g/mol. The summed E-state index contributed by atoms with van der Waals surface area (Å²) in [6, 6.07) is 14.5. The Bertz CT molecular complexity index is 830. The van der Waals surface area contributed by atoms with Crippen LogP contribution in [0.1, 0.15) is 19.8 Å². The van der Waals surface area contributed by atoms with E-state index in [1.165, 1.54) is 10.8 Å². The number of nitrogens with zero attached hydrogens (tertiary/aromatic N) is 3. The molecule has 1 heterocycles. The van der Waals surface area contributed by atoms with Gasteiger partial charge in [0, 0.05) is 45.5 Å². The summed E-state index contributed by atoms with van der Waals surface area (Å²) >= 11 is 0. The van der Waals surface area contributed by atoms with Gasteiger partial charge in [-0.25, -0.2) is 0 Å². The Morgan fingerprint density at radius 3 is 2.48 bits per heavy atom. The lowest BCUT2D eigenvalue weighted by atomic mass is 10.1. The lowest BCUT2D eigenvalue weighted by Crippen LogP contribution is -2.52. The molecule has 0 unspecified atom stereocenters. The SMILES string of the molecule is CCCCNC(=O)CN1CCN(C(=O)CN(C)c2ccc3ccccc3c2)CC1. The van der Waals surface area contributed by atoms with E-state index in [0.717, 1.165) is 38.2 Å². The zero-order valence-electron chi connectivity index (χ0n) is 17.6. The first-order valence-electron chi connectivity index (χ1n) is 10.5. The third-order valence-corrected chi connectivity index (χ3v) is 5.49. The number of hydrogen-bond donors (Lipinski definition) is 1. The van der Waals surface area contributed by atoms with E-state index in [2.05, 4.69) is 47.5 Å². The Balaban J connectivity index is 1.45. The molecule has 0 atom stereocenters. The number of unbranched alkanes of at least 4 members (excludes halogenated alkanes) is 1. The number of rotatable bonds is 8. The molecule has 1 N–H and O–H groups in total. The molecule has 156 valence electrons. The maximum absolute atomic E-state index is 12.7. The average Bonchev–Trinajstić information content (AvgIpc) is 2.74. The molecule has 6 heteroatoms. The zero-order chi connectivity index (χ0) is 20.6. The molecule has 29 heavy (non-hydrogen) atoms. The fourth-order valence-electron chi connectivity index (χ4n) is 3.63. The smallest absolute Gasteiger partial charge is 0.242 e. The van der Waals surface area contributed by atoms with E-state index < -0.39 is 0 Å². The van der Waals surface area contributed by atoms with Crippen LogP contribution < -0.4 is 10.2 Å². The highest BCUT2D eigenvalue weighted by Crippen LogP contribution is 2.21. The topological polar surface area (TPSA) is 55.9 Å². The van der Waals surface area contributed by atoms with Crippen LogP contribution in [0.15, 0.2) is 42.5 Å². The number of nitrogens with one attached hydrogen (secondary N) is 1. The van der Waals surface area contributed by atoms with E-state index in [1.807, 2.05) is 29.0 Å². The van der Waals surface area contributed by atoms with Gasteiger partial charge in [-0.1, -0.05) is 43.7 Å². The first kappa shape index (κ1) is 21.1. The number of carbonyl (C=O) groups is 2. The molecule has 1 saturated heterocycles. The van der Waals surface area contributed by atoms with Crippen LogP contribution in [-0.4, -0.2) is 74.5 Å². The van der Waals surface area contributed by atoms with Gasteiger partial charge in [0.25, 0.3) is 0 Å². The summed E-state index contributed by atoms with van der Waals surface area (Å²) in [5, 5.41) is 5.33. The van der Waals surface area contributed by atoms with Gasteiger partial charge in [0.15, 0.2) is 0 Å². The summed E-state index contributed by atoms with van der Waals surface area (Å²) in [5.41, 5.74) is 1.04. The highest BCUT2D eigenvalue weighted by molar-refractivity contribution is 5.87. The molecule has 6 nitrogen and oxygen atoms in total. The molecule has 1 aliphatic rings. The van der Waals surface area contributed by atoms with Gasteiger partial charge in [0.2, 0.25) is 11.8 Å². The number of fused-ring (bicyclic) bond motifs is 1. The van der Waals surface area contributed by atoms with Crippen molar-refractivity contribution in [1.82, 2.24) is 15.1 Å². The Labute approximate surface area is 173 Å². The fraction of sp³-hybridized carbons (Fsp3) is 0.478. The average molecular weight is 397 g/mol. The maximum Gasteiger partial charge on any atom is 0.242 e. The fourth-order valence-corrected chi connectivity index (χ4v) is 3.63. The molecule has 2 aromatic rings. The van der Waals surface area contributed by atoms with Gasteiger partial charge in [0.1, 0.15) is 0 Å². The Kier molecular flexibility index (Phi) is 7.47. The Morgan fingerprint density at radius 1 is 1.03 bits per heavy atom. The van der Waals surface area contributed by atoms with E-state index in [-0.39, 0.29) is 11.8 Å². The molecule has 0 bridgehead atoms. The minimum atomic E-state index is 0.0780. The van der Waals surface area contributed by atoms with Gasteiger partial charge in [-0.3, -0.25) is 14.5 Å². The van der Waals surface area contributed by atoms with Gasteiger partial charge in [-0.05, 0) is 29.3 Å². The molecule has 3 rings (SSSR count). The maximum atomic E-state index is 12.7. The first-order valence-corrected chi connectivity index (χ1v) is 10.5. The van der Waals surface area contributed by atoms with Crippen LogP contribution in [0, 0.1) is 0 Å². The third kappa shape index (κ3) is 5.94. The summed E-state index contributed by atoms with van der Waals surface area (Å²) in [4.78, 5) is 30.7. The van der Waals surface area contributed by atoms with Crippen molar-refractivity contribution in [3.8, 4) is 0 Å². The van der Waals surface area contributed by atoms with Crippen molar-refractivity contribution >= 4 is 28.3 Å². The lowest BCUT2D eigenvalue weighted by Gasteiger charge is -2.35. The molecule has 1 aliphatic heterocycles. The van der Waals surface area contributed by atoms with Crippen molar-refractivity contribution in [2.75, 3.05) is 57.8 Å². The van der Waals surface area contributed by atoms with Gasteiger partial charge >= 0.3 is 0 Å². The van der Waals surface area contributed by atoms with Crippen molar-refractivity contribution in [1.29, 1.82) is 0 Å². The lowest BCUT2D eigenvalue weighted by molar-refractivity contribution is -0.131. The van der Waals surface area contributed by atoms with Crippen molar-refractivity contribution in [3.05, 3.63) is 42.5 Å². The van der Waals surface area contributed by atoms with Gasteiger partial charge in [0.05, 0.1) is 13.1 Å². The third-order valence-electron chi connectivity index (χ3n) is 5.49. The van der Waals surface area contributed by atoms with Crippen molar-refractivity contribution in [3.63, 3.8) is 0 Å². The number of amides is 2. The molecule has 0 radical (unpaired) electrons. The number of hydrogen-bond acceptors (Lipinski definition) is 4. The number of likely N-dealkylation sites (N-methyl/N-ethyl adjacent to an activating group) is 1. The normalized spacial score (nSPS) is 14.8. The van der Waals surface area contributed by atoms with E-state index in [4.69, 9.17) is 0 Å². The van der Waals surface area contributed by atoms with Gasteiger partial charge < -0.3 is 15.1 Å². The van der Waals surface area contributed by atoms with Crippen LogP contribution in [0.25, 0.3) is 10.8 Å².